The van der Waals surface area contributed by atoms with Crippen LogP contribution in [0.2, 0.25) is 0 Å². The van der Waals surface area contributed by atoms with Gasteiger partial charge in [0.15, 0.2) is 0 Å². The average Bonchev–Trinajstić information content (AvgIpc) is 2.42. The molecular formula is C14H22ClN3O2. The molecule has 0 aromatic heterocycles. The number of carbonyl (C=O) groups is 2. The van der Waals surface area contributed by atoms with Gasteiger partial charge in [-0.05, 0) is 11.5 Å². The maximum absolute atomic E-state index is 11.8. The largest absolute Gasteiger partial charge is 0.348 e. The van der Waals surface area contributed by atoms with Crippen LogP contribution in [0.5, 0.6) is 0 Å². The van der Waals surface area contributed by atoms with Crippen LogP contribution in [0.25, 0.3) is 0 Å². The fourth-order valence-corrected chi connectivity index (χ4v) is 1.77. The van der Waals surface area contributed by atoms with E-state index in [2.05, 4.69) is 10.6 Å². The van der Waals surface area contributed by atoms with Crippen molar-refractivity contribution in [3.8, 4) is 0 Å². The molecule has 6 heteroatoms. The van der Waals surface area contributed by atoms with Gasteiger partial charge in [-0.25, -0.2) is 0 Å². The molecule has 2 amide bonds. The summed E-state index contributed by atoms with van der Waals surface area (Å²) in [5.74, 6) is -0.295. The van der Waals surface area contributed by atoms with Gasteiger partial charge in [-0.1, -0.05) is 44.2 Å². The van der Waals surface area contributed by atoms with E-state index in [1.807, 2.05) is 44.2 Å². The zero-order valence-corrected chi connectivity index (χ0v) is 12.6. The first-order valence-electron chi connectivity index (χ1n) is 6.35. The second kappa shape index (κ2) is 9.34. The molecule has 0 bridgehead atoms. The van der Waals surface area contributed by atoms with Crippen molar-refractivity contribution in [2.75, 3.05) is 13.1 Å². The lowest BCUT2D eigenvalue weighted by Crippen LogP contribution is -2.41. The molecule has 1 unspecified atom stereocenters. The highest BCUT2D eigenvalue weighted by Crippen LogP contribution is 2.20. The molecule has 0 saturated heterocycles. The zero-order chi connectivity index (χ0) is 14.3. The number of benzene rings is 1. The average molecular weight is 300 g/mol. The molecule has 0 fully saturated rings. The number of nitrogens with two attached hydrogens (primary N) is 1. The second-order valence-electron chi connectivity index (χ2n) is 4.68. The van der Waals surface area contributed by atoms with Gasteiger partial charge in [-0.3, -0.25) is 9.59 Å². The Balaban J connectivity index is 0.00000361. The molecule has 1 aromatic rings. The highest BCUT2D eigenvalue weighted by atomic mass is 35.5. The summed E-state index contributed by atoms with van der Waals surface area (Å²) in [5.41, 5.74) is 6.21. The first-order chi connectivity index (χ1) is 9.04. The van der Waals surface area contributed by atoms with E-state index < -0.39 is 0 Å². The predicted molar refractivity (Wildman–Crippen MR) is 81.5 cm³/mol. The van der Waals surface area contributed by atoms with Crippen molar-refractivity contribution in [3.63, 3.8) is 0 Å². The Hall–Kier alpha value is -1.59. The molecule has 112 valence electrons. The van der Waals surface area contributed by atoms with Gasteiger partial charge in [-0.2, -0.15) is 0 Å². The van der Waals surface area contributed by atoms with Crippen LogP contribution in [0.1, 0.15) is 25.5 Å². The number of hydrogen-bond donors (Lipinski definition) is 3. The van der Waals surface area contributed by atoms with Crippen LogP contribution in [-0.4, -0.2) is 24.9 Å². The summed E-state index contributed by atoms with van der Waals surface area (Å²) in [6.45, 7) is 3.92. The fraction of sp³-hybridized carbons (Fsp3) is 0.429. The molecule has 20 heavy (non-hydrogen) atoms. The molecule has 4 N–H and O–H groups in total. The Labute approximate surface area is 125 Å². The van der Waals surface area contributed by atoms with Crippen molar-refractivity contribution in [3.05, 3.63) is 35.9 Å². The van der Waals surface area contributed by atoms with E-state index in [9.17, 15) is 9.59 Å². The van der Waals surface area contributed by atoms with Gasteiger partial charge in [0.1, 0.15) is 0 Å². The topological polar surface area (TPSA) is 84.2 Å². The number of halogens is 1. The lowest BCUT2D eigenvalue weighted by molar-refractivity contribution is -0.126. The predicted octanol–water partition coefficient (Wildman–Crippen LogP) is 0.997. The number of carbonyl (C=O) groups excluding carboxylic acids is 2. The van der Waals surface area contributed by atoms with Crippen LogP contribution in [0.15, 0.2) is 30.3 Å². The highest BCUT2D eigenvalue weighted by molar-refractivity contribution is 5.85. The van der Waals surface area contributed by atoms with E-state index in [-0.39, 0.29) is 49.3 Å². The second-order valence-corrected chi connectivity index (χ2v) is 4.68. The molecule has 0 spiro atoms. The van der Waals surface area contributed by atoms with E-state index in [0.717, 1.165) is 5.56 Å². The third kappa shape index (κ3) is 6.04. The van der Waals surface area contributed by atoms with E-state index in [0.29, 0.717) is 0 Å². The molecule has 5 nitrogen and oxygen atoms in total. The third-order valence-electron chi connectivity index (χ3n) is 2.77. The summed E-state index contributed by atoms with van der Waals surface area (Å²) >= 11 is 0. The molecule has 0 radical (unpaired) electrons. The lowest BCUT2D eigenvalue weighted by atomic mass is 9.96. The number of nitrogens with one attached hydrogen (secondary N) is 2. The normalized spacial score (nSPS) is 11.4. The van der Waals surface area contributed by atoms with Gasteiger partial charge in [0.2, 0.25) is 11.8 Å². The zero-order valence-electron chi connectivity index (χ0n) is 11.8. The maximum Gasteiger partial charge on any atom is 0.239 e. The fourth-order valence-electron chi connectivity index (χ4n) is 1.77. The molecule has 0 aliphatic heterocycles. The molecular weight excluding hydrogens is 278 g/mol. The SMILES string of the molecule is CC(C)C(NC(=O)CNC(=O)CN)c1ccccc1.Cl. The standard InChI is InChI=1S/C14H21N3O2.ClH/c1-10(2)14(11-6-4-3-5-7-11)17-13(19)9-16-12(18)8-15;/h3-7,10,14H,8-9,15H2,1-2H3,(H,16,18)(H,17,19);1H. The molecule has 0 aliphatic carbocycles. The van der Waals surface area contributed by atoms with Crippen LogP contribution >= 0.6 is 12.4 Å². The van der Waals surface area contributed by atoms with E-state index in [1.54, 1.807) is 0 Å². The van der Waals surface area contributed by atoms with E-state index in [4.69, 9.17) is 5.73 Å². The van der Waals surface area contributed by atoms with Gasteiger partial charge in [0.25, 0.3) is 0 Å². The summed E-state index contributed by atoms with van der Waals surface area (Å²) in [4.78, 5) is 22.8. The molecule has 0 saturated carbocycles. The Morgan fingerprint density at radius 1 is 1.15 bits per heavy atom. The van der Waals surface area contributed by atoms with Crippen molar-refractivity contribution >= 4 is 24.2 Å². The van der Waals surface area contributed by atoms with Crippen LogP contribution in [-0.2, 0) is 9.59 Å². The van der Waals surface area contributed by atoms with Gasteiger partial charge in [0.05, 0.1) is 19.1 Å². The summed E-state index contributed by atoms with van der Waals surface area (Å²) in [7, 11) is 0. The highest BCUT2D eigenvalue weighted by Gasteiger charge is 2.17. The van der Waals surface area contributed by atoms with E-state index >= 15 is 0 Å². The molecule has 0 aliphatic rings. The van der Waals surface area contributed by atoms with Crippen molar-refractivity contribution < 1.29 is 9.59 Å². The first kappa shape index (κ1) is 18.4. The maximum atomic E-state index is 11.8. The Bertz CT molecular complexity index is 424. The lowest BCUT2D eigenvalue weighted by Gasteiger charge is -2.23. The van der Waals surface area contributed by atoms with E-state index in [1.165, 1.54) is 0 Å². The minimum absolute atomic E-state index is 0. The Kier molecular flexibility index (Phi) is 8.59. The summed E-state index contributed by atoms with van der Waals surface area (Å²) < 4.78 is 0. The number of rotatable bonds is 6. The van der Waals surface area contributed by atoms with Gasteiger partial charge in [-0.15, -0.1) is 12.4 Å². The van der Waals surface area contributed by atoms with Crippen molar-refractivity contribution in [2.45, 2.75) is 19.9 Å². The minimum Gasteiger partial charge on any atom is -0.348 e. The molecule has 1 rings (SSSR count). The molecule has 1 aromatic carbocycles. The van der Waals surface area contributed by atoms with Crippen LogP contribution in [0.4, 0.5) is 0 Å². The Morgan fingerprint density at radius 2 is 1.75 bits per heavy atom. The smallest absolute Gasteiger partial charge is 0.239 e. The molecule has 1 atom stereocenters. The minimum atomic E-state index is -0.337. The summed E-state index contributed by atoms with van der Waals surface area (Å²) in [6, 6.07) is 9.69. The van der Waals surface area contributed by atoms with Gasteiger partial charge >= 0.3 is 0 Å². The van der Waals surface area contributed by atoms with Crippen LogP contribution < -0.4 is 16.4 Å². The van der Waals surface area contributed by atoms with Crippen molar-refractivity contribution in [2.24, 2.45) is 11.7 Å². The molecule has 0 heterocycles. The summed E-state index contributed by atoms with van der Waals surface area (Å²) in [5, 5.41) is 5.37. The first-order valence-corrected chi connectivity index (χ1v) is 6.35. The number of hydrogen-bond acceptors (Lipinski definition) is 3. The monoisotopic (exact) mass is 299 g/mol. The Morgan fingerprint density at radius 3 is 2.25 bits per heavy atom. The van der Waals surface area contributed by atoms with Gasteiger partial charge < -0.3 is 16.4 Å². The van der Waals surface area contributed by atoms with Crippen molar-refractivity contribution in [1.29, 1.82) is 0 Å². The number of amides is 2. The summed E-state index contributed by atoms with van der Waals surface area (Å²) in [6.07, 6.45) is 0. The van der Waals surface area contributed by atoms with Crippen molar-refractivity contribution in [1.82, 2.24) is 10.6 Å². The van der Waals surface area contributed by atoms with Gasteiger partial charge in [0, 0.05) is 0 Å². The quantitative estimate of drug-likeness (QED) is 0.732. The third-order valence-corrected chi connectivity index (χ3v) is 2.77. The van der Waals surface area contributed by atoms with Crippen LogP contribution in [0.3, 0.4) is 0 Å². The van der Waals surface area contributed by atoms with Crippen LogP contribution in [0, 0.1) is 5.92 Å².